The van der Waals surface area contributed by atoms with Crippen molar-refractivity contribution in [3.63, 3.8) is 0 Å². The number of nitrogens with one attached hydrogen (secondary N) is 1. The van der Waals surface area contributed by atoms with Crippen LogP contribution in [0.15, 0.2) is 59.7 Å². The fourth-order valence-corrected chi connectivity index (χ4v) is 4.80. The van der Waals surface area contributed by atoms with Crippen molar-refractivity contribution in [3.8, 4) is 16.9 Å². The largest absolute Gasteiger partial charge is 0.482 e. The Morgan fingerprint density at radius 1 is 1.16 bits per heavy atom. The van der Waals surface area contributed by atoms with E-state index in [1.165, 1.54) is 31.4 Å². The molecule has 15 heteroatoms. The van der Waals surface area contributed by atoms with Gasteiger partial charge in [0.15, 0.2) is 17.4 Å². The maximum absolute atomic E-state index is 15.3. The van der Waals surface area contributed by atoms with Crippen molar-refractivity contribution < 1.29 is 32.2 Å². The van der Waals surface area contributed by atoms with Crippen molar-refractivity contribution in [2.75, 3.05) is 11.9 Å². The minimum Gasteiger partial charge on any atom is -0.482 e. The van der Waals surface area contributed by atoms with Gasteiger partial charge < -0.3 is 14.7 Å². The Morgan fingerprint density at radius 3 is 2.51 bits per heavy atom. The summed E-state index contributed by atoms with van der Waals surface area (Å²) < 4.78 is 65.1. The average molecular weight is 619 g/mol. The second kappa shape index (κ2) is 11.5. The van der Waals surface area contributed by atoms with E-state index in [1.807, 2.05) is 0 Å². The Bertz CT molecular complexity index is 1870. The van der Waals surface area contributed by atoms with Crippen LogP contribution in [-0.2, 0) is 37.8 Å². The fraction of sp³-hybridized carbons (Fsp3) is 0.214. The van der Waals surface area contributed by atoms with Gasteiger partial charge >= 0.3 is 11.9 Å². The van der Waals surface area contributed by atoms with E-state index in [0.717, 1.165) is 27.3 Å². The molecule has 0 saturated heterocycles. The number of halogens is 5. The van der Waals surface area contributed by atoms with Crippen LogP contribution in [0.2, 0.25) is 5.02 Å². The maximum atomic E-state index is 15.3. The summed E-state index contributed by atoms with van der Waals surface area (Å²) in [4.78, 5) is 31.6. The molecule has 5 aromatic rings. The number of hydrogen-bond acceptors (Lipinski definition) is 6. The van der Waals surface area contributed by atoms with Crippen LogP contribution in [0.4, 0.5) is 23.2 Å². The summed E-state index contributed by atoms with van der Waals surface area (Å²) in [5.74, 6) is -1.68. The second-order valence-corrected chi connectivity index (χ2v) is 9.99. The number of aromatic amines is 1. The number of aromatic nitrogens is 5. The molecule has 0 bridgehead atoms. The molecule has 10 nitrogen and oxygen atoms in total. The SMILES string of the molecule is CN(C(=O)Cn1c(=O)n(C)c2c(-c3cc(F)c(OCc4nc[nH]n4)c(CO)c3)cc(C(F)(F)F)cc21)c1ccc(Cl)cc1. The summed E-state index contributed by atoms with van der Waals surface area (Å²) in [7, 11) is 2.79. The summed E-state index contributed by atoms with van der Waals surface area (Å²) in [5, 5.41) is 16.7. The van der Waals surface area contributed by atoms with Crippen LogP contribution in [0.25, 0.3) is 22.2 Å². The van der Waals surface area contributed by atoms with Gasteiger partial charge in [-0.25, -0.2) is 14.2 Å². The van der Waals surface area contributed by atoms with E-state index < -0.39 is 42.3 Å². The summed E-state index contributed by atoms with van der Waals surface area (Å²) in [5.41, 5.74) is -1.84. The highest BCUT2D eigenvalue weighted by Gasteiger charge is 2.33. The van der Waals surface area contributed by atoms with E-state index in [4.69, 9.17) is 16.3 Å². The van der Waals surface area contributed by atoms with Crippen LogP contribution in [0, 0.1) is 5.82 Å². The van der Waals surface area contributed by atoms with Gasteiger partial charge in [0.1, 0.15) is 19.5 Å². The van der Waals surface area contributed by atoms with Crippen molar-refractivity contribution in [2.45, 2.75) is 25.9 Å². The lowest BCUT2D eigenvalue weighted by molar-refractivity contribution is -0.137. The van der Waals surface area contributed by atoms with E-state index in [2.05, 4.69) is 15.2 Å². The van der Waals surface area contributed by atoms with Crippen LogP contribution >= 0.6 is 11.6 Å². The van der Waals surface area contributed by atoms with Crippen LogP contribution in [0.3, 0.4) is 0 Å². The Kier molecular flexibility index (Phi) is 7.99. The van der Waals surface area contributed by atoms with Gasteiger partial charge in [-0.2, -0.15) is 18.3 Å². The lowest BCUT2D eigenvalue weighted by Gasteiger charge is -2.18. The number of aliphatic hydroxyl groups is 1. The maximum Gasteiger partial charge on any atom is 0.416 e. The molecule has 0 saturated carbocycles. The van der Waals surface area contributed by atoms with Gasteiger partial charge in [-0.05, 0) is 54.1 Å². The molecule has 0 aliphatic carbocycles. The number of anilines is 1. The van der Waals surface area contributed by atoms with Crippen molar-refractivity contribution in [3.05, 3.63) is 93.1 Å². The predicted molar refractivity (Wildman–Crippen MR) is 149 cm³/mol. The number of aliphatic hydroxyl groups excluding tert-OH is 1. The highest BCUT2D eigenvalue weighted by atomic mass is 35.5. The number of amides is 1. The number of carbonyl (C=O) groups excluding carboxylic acids is 1. The Labute approximate surface area is 245 Å². The minimum absolute atomic E-state index is 0.0256. The molecule has 0 atom stereocenters. The summed E-state index contributed by atoms with van der Waals surface area (Å²) >= 11 is 5.91. The van der Waals surface area contributed by atoms with Crippen LogP contribution in [-0.4, -0.2) is 42.4 Å². The van der Waals surface area contributed by atoms with E-state index in [1.54, 1.807) is 24.3 Å². The van der Waals surface area contributed by atoms with Gasteiger partial charge in [0.05, 0.1) is 23.2 Å². The molecule has 0 fully saturated rings. The van der Waals surface area contributed by atoms with E-state index in [0.29, 0.717) is 10.7 Å². The predicted octanol–water partition coefficient (Wildman–Crippen LogP) is 4.67. The van der Waals surface area contributed by atoms with Crippen molar-refractivity contribution in [2.24, 2.45) is 7.05 Å². The summed E-state index contributed by atoms with van der Waals surface area (Å²) in [6.07, 6.45) is -3.55. The number of nitrogens with zero attached hydrogens (tertiary/aromatic N) is 5. The topological polar surface area (TPSA) is 118 Å². The fourth-order valence-electron chi connectivity index (χ4n) is 4.67. The molecule has 3 aromatic carbocycles. The number of alkyl halides is 3. The number of hydrogen-bond donors (Lipinski definition) is 2. The molecule has 2 heterocycles. The van der Waals surface area contributed by atoms with Gasteiger partial charge in [0.25, 0.3) is 0 Å². The van der Waals surface area contributed by atoms with Crippen LogP contribution < -0.4 is 15.3 Å². The van der Waals surface area contributed by atoms with E-state index >= 15 is 4.39 Å². The summed E-state index contributed by atoms with van der Waals surface area (Å²) in [6, 6.07) is 10.1. The number of carbonyl (C=O) groups is 1. The number of benzene rings is 3. The van der Waals surface area contributed by atoms with Crippen molar-refractivity contribution >= 4 is 34.2 Å². The quantitative estimate of drug-likeness (QED) is 0.244. The molecule has 0 aliphatic rings. The zero-order valence-electron chi connectivity index (χ0n) is 22.6. The Balaban J connectivity index is 1.62. The normalized spacial score (nSPS) is 11.7. The third kappa shape index (κ3) is 5.83. The molecule has 5 rings (SSSR count). The smallest absolute Gasteiger partial charge is 0.416 e. The van der Waals surface area contributed by atoms with E-state index in [-0.39, 0.29) is 45.9 Å². The molecule has 0 aliphatic heterocycles. The van der Waals surface area contributed by atoms with E-state index in [9.17, 15) is 27.9 Å². The third-order valence-corrected chi connectivity index (χ3v) is 7.11. The lowest BCUT2D eigenvalue weighted by Crippen LogP contribution is -2.34. The first-order valence-electron chi connectivity index (χ1n) is 12.6. The van der Waals surface area contributed by atoms with Gasteiger partial charge in [0, 0.05) is 35.9 Å². The molecular weight excluding hydrogens is 596 g/mol. The lowest BCUT2D eigenvalue weighted by atomic mass is 9.98. The van der Waals surface area contributed by atoms with Gasteiger partial charge in [-0.1, -0.05) is 11.6 Å². The van der Waals surface area contributed by atoms with Crippen molar-refractivity contribution in [1.82, 2.24) is 24.3 Å². The van der Waals surface area contributed by atoms with Crippen molar-refractivity contribution in [1.29, 1.82) is 0 Å². The highest BCUT2D eigenvalue weighted by molar-refractivity contribution is 6.30. The number of rotatable bonds is 8. The molecule has 224 valence electrons. The second-order valence-electron chi connectivity index (χ2n) is 9.55. The number of aryl methyl sites for hydroxylation is 1. The first-order valence-corrected chi connectivity index (χ1v) is 13.0. The Morgan fingerprint density at radius 2 is 1.88 bits per heavy atom. The molecule has 43 heavy (non-hydrogen) atoms. The monoisotopic (exact) mass is 618 g/mol. The number of fused-ring (bicyclic) bond motifs is 1. The van der Waals surface area contributed by atoms with Crippen LogP contribution in [0.5, 0.6) is 5.75 Å². The zero-order chi connectivity index (χ0) is 31.1. The average Bonchev–Trinajstić information content (AvgIpc) is 3.58. The summed E-state index contributed by atoms with van der Waals surface area (Å²) in [6.45, 7) is -1.53. The molecule has 0 radical (unpaired) electrons. The molecule has 0 unspecified atom stereocenters. The number of H-pyrrole nitrogens is 1. The first-order chi connectivity index (χ1) is 20.4. The highest BCUT2D eigenvalue weighted by Crippen LogP contribution is 2.39. The number of imidazole rings is 1. The molecule has 0 spiro atoms. The standard InChI is InChI=1S/C28H23ClF4N6O4/c1-37(19-5-3-18(29)4-6-19)24(41)11-39-22-10-17(28(31,32)33)9-20(25(22)38(2)27(39)42)15-7-16(12-40)26(21(30)8-15)43-13-23-34-14-35-36-23/h3-10,14,40H,11-13H2,1-2H3,(H,34,35,36). The first kappa shape index (κ1) is 29.8. The number of likely N-dealkylation sites (N-methyl/N-ethyl adjacent to an activating group) is 1. The molecule has 1 amide bonds. The third-order valence-electron chi connectivity index (χ3n) is 6.85. The molecular formula is C28H23ClF4N6O4. The zero-order valence-corrected chi connectivity index (χ0v) is 23.4. The van der Waals surface area contributed by atoms with Gasteiger partial charge in [-0.3, -0.25) is 19.0 Å². The Hall–Kier alpha value is -4.69. The van der Waals surface area contributed by atoms with Gasteiger partial charge in [0.2, 0.25) is 5.91 Å². The van der Waals surface area contributed by atoms with Gasteiger partial charge in [-0.15, -0.1) is 0 Å². The number of ether oxygens (including phenoxy) is 1. The molecule has 2 aromatic heterocycles. The minimum atomic E-state index is -4.85. The molecule has 2 N–H and O–H groups in total. The van der Waals surface area contributed by atoms with Crippen LogP contribution in [0.1, 0.15) is 17.0 Å².